The molecule has 19 heavy (non-hydrogen) atoms. The molecule has 0 bridgehead atoms. The van der Waals surface area contributed by atoms with E-state index in [1.165, 1.54) is 6.07 Å². The predicted octanol–water partition coefficient (Wildman–Crippen LogP) is 3.72. The van der Waals surface area contributed by atoms with Crippen LogP contribution in [0.15, 0.2) is 41.9 Å². The minimum Gasteiger partial charge on any atom is -0.398 e. The summed E-state index contributed by atoms with van der Waals surface area (Å²) in [5.41, 5.74) is 9.64. The molecule has 0 aliphatic rings. The zero-order chi connectivity index (χ0) is 14.4. The fourth-order valence-corrected chi connectivity index (χ4v) is 1.75. The highest BCUT2D eigenvalue weighted by molar-refractivity contribution is 5.84. The van der Waals surface area contributed by atoms with Crippen LogP contribution in [0.3, 0.4) is 0 Å². The third kappa shape index (κ3) is 4.70. The smallest absolute Gasteiger partial charge is 0.128 e. The van der Waals surface area contributed by atoms with Crippen molar-refractivity contribution in [3.05, 3.63) is 53.9 Å². The van der Waals surface area contributed by atoms with Crippen molar-refractivity contribution in [2.24, 2.45) is 4.99 Å². The number of allylic oxidation sites excluding steroid dienone is 1. The van der Waals surface area contributed by atoms with Gasteiger partial charge in [-0.3, -0.25) is 4.99 Å². The molecule has 0 aliphatic heterocycles. The van der Waals surface area contributed by atoms with Crippen molar-refractivity contribution in [3.63, 3.8) is 0 Å². The maximum absolute atomic E-state index is 13.9. The van der Waals surface area contributed by atoms with Gasteiger partial charge in [0, 0.05) is 17.8 Å². The number of halogens is 1. The first-order valence-electron chi connectivity index (χ1n) is 6.26. The third-order valence-corrected chi connectivity index (χ3v) is 2.74. The largest absolute Gasteiger partial charge is 0.398 e. The summed E-state index contributed by atoms with van der Waals surface area (Å²) in [6.45, 7) is 11.9. The van der Waals surface area contributed by atoms with E-state index in [4.69, 9.17) is 5.73 Å². The zero-order valence-corrected chi connectivity index (χ0v) is 11.7. The lowest BCUT2D eigenvalue weighted by Crippen LogP contribution is -2.05. The van der Waals surface area contributed by atoms with E-state index < -0.39 is 0 Å². The Kier molecular flexibility index (Phi) is 5.49. The Morgan fingerprint density at radius 1 is 1.37 bits per heavy atom. The molecule has 0 saturated heterocycles. The summed E-state index contributed by atoms with van der Waals surface area (Å²) in [7, 11) is 0. The van der Waals surface area contributed by atoms with E-state index in [9.17, 15) is 4.39 Å². The summed E-state index contributed by atoms with van der Waals surface area (Å²) in [6.07, 6.45) is 2.89. The molecule has 1 aromatic rings. The summed E-state index contributed by atoms with van der Waals surface area (Å²) in [6, 6.07) is 3.17. The van der Waals surface area contributed by atoms with Crippen LogP contribution in [0.5, 0.6) is 0 Å². The van der Waals surface area contributed by atoms with Gasteiger partial charge in [0.2, 0.25) is 0 Å². The van der Waals surface area contributed by atoms with Gasteiger partial charge in [-0.05, 0) is 37.5 Å². The lowest BCUT2D eigenvalue weighted by molar-refractivity contribution is 0.616. The molecule has 2 nitrogen and oxygen atoms in total. The first-order valence-corrected chi connectivity index (χ1v) is 6.26. The van der Waals surface area contributed by atoms with Gasteiger partial charge in [0.05, 0.1) is 6.54 Å². The van der Waals surface area contributed by atoms with E-state index in [1.54, 1.807) is 12.1 Å². The molecule has 1 aromatic carbocycles. The molecule has 3 heteroatoms. The quantitative estimate of drug-likeness (QED) is 0.472. The van der Waals surface area contributed by atoms with Crippen LogP contribution in [-0.4, -0.2) is 12.3 Å². The zero-order valence-electron chi connectivity index (χ0n) is 11.7. The van der Waals surface area contributed by atoms with Gasteiger partial charge in [-0.1, -0.05) is 24.3 Å². The van der Waals surface area contributed by atoms with E-state index >= 15 is 0 Å². The lowest BCUT2D eigenvalue weighted by Gasteiger charge is -2.09. The number of nitrogens with zero attached hydrogens (tertiary/aromatic N) is 1. The molecular formula is C16H21FN2. The highest BCUT2D eigenvalue weighted by Gasteiger charge is 2.08. The second kappa shape index (κ2) is 6.88. The number of anilines is 1. The Morgan fingerprint density at radius 3 is 2.63 bits per heavy atom. The van der Waals surface area contributed by atoms with Crippen molar-refractivity contribution in [2.75, 3.05) is 12.3 Å². The van der Waals surface area contributed by atoms with E-state index in [0.717, 1.165) is 16.8 Å². The van der Waals surface area contributed by atoms with Crippen molar-refractivity contribution >= 4 is 11.4 Å². The molecule has 0 spiro atoms. The summed E-state index contributed by atoms with van der Waals surface area (Å²) in [5.74, 6) is -0.282. The highest BCUT2D eigenvalue weighted by Crippen LogP contribution is 2.19. The van der Waals surface area contributed by atoms with Gasteiger partial charge < -0.3 is 5.73 Å². The Bertz CT molecular complexity index is 516. The molecule has 0 unspecified atom stereocenters. The van der Waals surface area contributed by atoms with Gasteiger partial charge in [0.1, 0.15) is 5.82 Å². The van der Waals surface area contributed by atoms with Crippen LogP contribution in [-0.2, 0) is 12.8 Å². The normalized spacial score (nSPS) is 11.4. The van der Waals surface area contributed by atoms with Crippen molar-refractivity contribution in [3.8, 4) is 0 Å². The van der Waals surface area contributed by atoms with Crippen molar-refractivity contribution in [1.29, 1.82) is 0 Å². The highest BCUT2D eigenvalue weighted by atomic mass is 19.1. The van der Waals surface area contributed by atoms with Crippen LogP contribution in [0.1, 0.15) is 25.0 Å². The number of nitrogen functional groups attached to an aromatic ring is 1. The van der Waals surface area contributed by atoms with Crippen LogP contribution in [0.2, 0.25) is 0 Å². The van der Waals surface area contributed by atoms with Gasteiger partial charge in [-0.25, -0.2) is 4.39 Å². The van der Waals surface area contributed by atoms with E-state index in [-0.39, 0.29) is 5.82 Å². The minimum atomic E-state index is -0.282. The molecule has 2 N–H and O–H groups in total. The van der Waals surface area contributed by atoms with Gasteiger partial charge in [0.15, 0.2) is 0 Å². The van der Waals surface area contributed by atoms with Crippen LogP contribution >= 0.6 is 0 Å². The average molecular weight is 260 g/mol. The molecule has 0 aromatic heterocycles. The van der Waals surface area contributed by atoms with E-state index in [0.29, 0.717) is 30.6 Å². The number of benzene rings is 1. The molecule has 0 heterocycles. The molecule has 1 rings (SSSR count). The molecule has 0 amide bonds. The monoisotopic (exact) mass is 260 g/mol. The van der Waals surface area contributed by atoms with Crippen LogP contribution in [0.4, 0.5) is 10.1 Å². The molecule has 0 radical (unpaired) electrons. The molecule has 0 aliphatic carbocycles. The SMILES string of the molecule is C=CCc1cc(C/C(C)=N\CC(=C)C)c(F)cc1N. The number of aliphatic imine (C=N–C) groups is 1. The predicted molar refractivity (Wildman–Crippen MR) is 81.2 cm³/mol. The maximum atomic E-state index is 13.9. The molecule has 0 atom stereocenters. The maximum Gasteiger partial charge on any atom is 0.128 e. The second-order valence-corrected chi connectivity index (χ2v) is 4.82. The second-order valence-electron chi connectivity index (χ2n) is 4.82. The fraction of sp³-hybridized carbons (Fsp3) is 0.312. The van der Waals surface area contributed by atoms with Crippen molar-refractivity contribution < 1.29 is 4.39 Å². The van der Waals surface area contributed by atoms with Gasteiger partial charge in [-0.2, -0.15) is 0 Å². The fourth-order valence-electron chi connectivity index (χ4n) is 1.75. The van der Waals surface area contributed by atoms with Crippen molar-refractivity contribution in [1.82, 2.24) is 0 Å². The Morgan fingerprint density at radius 2 is 2.05 bits per heavy atom. The minimum absolute atomic E-state index is 0.282. The van der Waals surface area contributed by atoms with Crippen molar-refractivity contribution in [2.45, 2.75) is 26.7 Å². The number of rotatable bonds is 6. The van der Waals surface area contributed by atoms with Crippen LogP contribution in [0, 0.1) is 5.82 Å². The van der Waals surface area contributed by atoms with E-state index in [1.807, 2.05) is 13.8 Å². The van der Waals surface area contributed by atoms with Crippen LogP contribution < -0.4 is 5.73 Å². The standard InChI is InChI=1S/C16H21FN2/c1-5-6-13-8-14(15(17)9-16(13)18)7-12(4)19-10-11(2)3/h5,8-9H,1-2,6-7,10,18H2,3-4H3/b19-12-. The summed E-state index contributed by atoms with van der Waals surface area (Å²) in [5, 5.41) is 0. The van der Waals surface area contributed by atoms with Gasteiger partial charge >= 0.3 is 0 Å². The number of hydrogen-bond donors (Lipinski definition) is 1. The Hall–Kier alpha value is -1.90. The first-order chi connectivity index (χ1) is 8.93. The third-order valence-electron chi connectivity index (χ3n) is 2.74. The molecule has 0 saturated carbocycles. The summed E-state index contributed by atoms with van der Waals surface area (Å²) in [4.78, 5) is 4.36. The van der Waals surface area contributed by atoms with Gasteiger partial charge in [0.25, 0.3) is 0 Å². The first kappa shape index (κ1) is 15.2. The van der Waals surface area contributed by atoms with E-state index in [2.05, 4.69) is 18.2 Å². The summed E-state index contributed by atoms with van der Waals surface area (Å²) >= 11 is 0. The number of nitrogens with two attached hydrogens (primary N) is 1. The topological polar surface area (TPSA) is 38.4 Å². The van der Waals surface area contributed by atoms with Crippen LogP contribution in [0.25, 0.3) is 0 Å². The Labute approximate surface area is 114 Å². The van der Waals surface area contributed by atoms with Gasteiger partial charge in [-0.15, -0.1) is 6.58 Å². The lowest BCUT2D eigenvalue weighted by atomic mass is 10.0. The molecule has 0 fully saturated rings. The molecule has 102 valence electrons. The molecular weight excluding hydrogens is 239 g/mol. The number of hydrogen-bond acceptors (Lipinski definition) is 2. The Balaban J connectivity index is 2.94. The summed E-state index contributed by atoms with van der Waals surface area (Å²) < 4.78 is 13.9. The average Bonchev–Trinajstić information content (AvgIpc) is 2.33.